The van der Waals surface area contributed by atoms with E-state index in [4.69, 9.17) is 0 Å². The molecule has 4 aliphatic carbocycles. The predicted molar refractivity (Wildman–Crippen MR) is 78.3 cm³/mol. The van der Waals surface area contributed by atoms with Crippen molar-refractivity contribution < 1.29 is 14.4 Å². The Morgan fingerprint density at radius 1 is 1.13 bits per heavy atom. The highest BCUT2D eigenvalue weighted by Gasteiger charge is 2.67. The Labute approximate surface area is 132 Å². The van der Waals surface area contributed by atoms with Gasteiger partial charge >= 0.3 is 0 Å². The average molecular weight is 309 g/mol. The lowest BCUT2D eigenvalue weighted by Crippen LogP contribution is -2.46. The van der Waals surface area contributed by atoms with Crippen molar-refractivity contribution in [2.75, 3.05) is 0 Å². The van der Waals surface area contributed by atoms with Gasteiger partial charge in [0.1, 0.15) is 0 Å². The number of carbonyl (C=O) groups is 3. The number of allylic oxidation sites excluding steroid dienone is 2. The van der Waals surface area contributed by atoms with Crippen molar-refractivity contribution >= 4 is 17.7 Å². The molecule has 23 heavy (non-hydrogen) atoms. The van der Waals surface area contributed by atoms with Gasteiger partial charge in [-0.25, -0.2) is 0 Å². The summed E-state index contributed by atoms with van der Waals surface area (Å²) < 4.78 is 0. The van der Waals surface area contributed by atoms with E-state index in [1.165, 1.54) is 6.20 Å². The first-order chi connectivity index (χ1) is 11.2. The summed E-state index contributed by atoms with van der Waals surface area (Å²) >= 11 is 0. The van der Waals surface area contributed by atoms with Gasteiger partial charge in [-0.15, -0.1) is 0 Å². The number of carbonyl (C=O) groups excluding carboxylic acids is 3. The van der Waals surface area contributed by atoms with Gasteiger partial charge in [-0.2, -0.15) is 5.01 Å². The molecule has 5 aliphatic rings. The molecule has 0 aromatic carbocycles. The Morgan fingerprint density at radius 3 is 2.35 bits per heavy atom. The summed E-state index contributed by atoms with van der Waals surface area (Å²) in [5, 5.41) is 0.947. The lowest BCUT2D eigenvalue weighted by atomic mass is 9.63. The molecule has 2 saturated carbocycles. The Hall–Kier alpha value is -2.50. The molecule has 0 radical (unpaired) electrons. The minimum atomic E-state index is -0.482. The highest BCUT2D eigenvalue weighted by molar-refractivity contribution is 6.08. The smallest absolute Gasteiger partial charge is 0.271 e. The third kappa shape index (κ3) is 1.63. The molecule has 6 nitrogen and oxygen atoms in total. The van der Waals surface area contributed by atoms with Crippen LogP contribution in [0, 0.1) is 35.5 Å². The summed E-state index contributed by atoms with van der Waals surface area (Å²) in [6.45, 7) is 0. The number of nitrogens with one attached hydrogen (secondary N) is 1. The zero-order valence-corrected chi connectivity index (χ0v) is 12.3. The van der Waals surface area contributed by atoms with Gasteiger partial charge in [0.05, 0.1) is 17.4 Å². The summed E-state index contributed by atoms with van der Waals surface area (Å²) in [7, 11) is 0. The molecular weight excluding hydrogens is 294 g/mol. The predicted octanol–water partition coefficient (Wildman–Crippen LogP) is 0.779. The number of imide groups is 1. The zero-order valence-electron chi connectivity index (χ0n) is 12.3. The first kappa shape index (κ1) is 13.0. The highest BCUT2D eigenvalue weighted by atomic mass is 16.2. The second-order valence-electron chi connectivity index (χ2n) is 6.85. The quantitative estimate of drug-likeness (QED) is 0.647. The molecule has 2 bridgehead atoms. The first-order valence-corrected chi connectivity index (χ1v) is 7.94. The lowest BCUT2D eigenvalue weighted by molar-refractivity contribution is -0.143. The largest absolute Gasteiger partial charge is 0.272 e. The Balaban J connectivity index is 1.42. The van der Waals surface area contributed by atoms with Crippen LogP contribution in [0.25, 0.3) is 0 Å². The van der Waals surface area contributed by atoms with Crippen molar-refractivity contribution in [3.8, 4) is 0 Å². The molecule has 1 saturated heterocycles. The number of hydrogen-bond acceptors (Lipinski definition) is 4. The van der Waals surface area contributed by atoms with Crippen LogP contribution in [0.3, 0.4) is 0 Å². The summed E-state index contributed by atoms with van der Waals surface area (Å²) in [4.78, 5) is 41.5. The van der Waals surface area contributed by atoms with E-state index in [0.29, 0.717) is 17.4 Å². The number of nitrogens with zero attached hydrogens (tertiary/aromatic N) is 2. The monoisotopic (exact) mass is 309 g/mol. The van der Waals surface area contributed by atoms with E-state index < -0.39 is 5.91 Å². The van der Waals surface area contributed by atoms with Crippen LogP contribution in [0.15, 0.2) is 36.7 Å². The third-order valence-corrected chi connectivity index (χ3v) is 5.80. The van der Waals surface area contributed by atoms with E-state index in [-0.39, 0.29) is 35.5 Å². The lowest BCUT2D eigenvalue weighted by Gasteiger charge is -2.37. The molecule has 0 spiro atoms. The van der Waals surface area contributed by atoms with Crippen molar-refractivity contribution in [3.63, 3.8) is 0 Å². The van der Waals surface area contributed by atoms with Gasteiger partial charge in [0.2, 0.25) is 0 Å². The third-order valence-electron chi connectivity index (χ3n) is 5.80. The molecule has 3 fully saturated rings. The fourth-order valence-electron chi connectivity index (χ4n) is 4.73. The zero-order chi connectivity index (χ0) is 15.7. The van der Waals surface area contributed by atoms with Gasteiger partial charge in [0.15, 0.2) is 0 Å². The van der Waals surface area contributed by atoms with E-state index in [1.54, 1.807) is 18.3 Å². The standard InChI is InChI=1S/C17H15N3O3/c21-15(8-2-1-5-18-7-8)19-20-16(22)13-9-3-4-10(12-6-11(9)12)14(13)17(20)23/h1-5,7,9-14H,6H2,(H,19,21)/t9-,10-,11-,12+,13-,14-/m1/s1. The van der Waals surface area contributed by atoms with Crippen molar-refractivity contribution in [1.82, 2.24) is 15.4 Å². The first-order valence-electron chi connectivity index (χ1n) is 7.94. The highest BCUT2D eigenvalue weighted by Crippen LogP contribution is 2.65. The maximum Gasteiger partial charge on any atom is 0.271 e. The van der Waals surface area contributed by atoms with Crippen LogP contribution in [0.2, 0.25) is 0 Å². The van der Waals surface area contributed by atoms with Crippen LogP contribution in [-0.4, -0.2) is 27.7 Å². The summed E-state index contributed by atoms with van der Waals surface area (Å²) in [5.74, 6) is -0.175. The van der Waals surface area contributed by atoms with Gasteiger partial charge < -0.3 is 0 Å². The fourth-order valence-corrected chi connectivity index (χ4v) is 4.73. The average Bonchev–Trinajstić information content (AvgIpc) is 3.37. The number of amides is 3. The number of rotatable bonds is 2. The van der Waals surface area contributed by atoms with Crippen molar-refractivity contribution in [2.24, 2.45) is 35.5 Å². The van der Waals surface area contributed by atoms with Gasteiger partial charge in [0.25, 0.3) is 17.7 Å². The normalized spacial score (nSPS) is 39.2. The van der Waals surface area contributed by atoms with Crippen molar-refractivity contribution in [1.29, 1.82) is 0 Å². The van der Waals surface area contributed by atoms with Crippen LogP contribution < -0.4 is 5.43 Å². The molecule has 0 unspecified atom stereocenters. The molecular formula is C17H15N3O3. The molecule has 1 aromatic rings. The van der Waals surface area contributed by atoms with E-state index in [0.717, 1.165) is 11.4 Å². The fraction of sp³-hybridized carbons (Fsp3) is 0.412. The van der Waals surface area contributed by atoms with Gasteiger partial charge in [0, 0.05) is 12.4 Å². The topological polar surface area (TPSA) is 79.4 Å². The molecule has 1 aromatic heterocycles. The molecule has 6 heteroatoms. The van der Waals surface area contributed by atoms with E-state index >= 15 is 0 Å². The Kier molecular flexibility index (Phi) is 2.42. The van der Waals surface area contributed by atoms with Gasteiger partial charge in [-0.1, -0.05) is 12.2 Å². The van der Waals surface area contributed by atoms with Crippen LogP contribution in [0.5, 0.6) is 0 Å². The maximum atomic E-state index is 12.7. The summed E-state index contributed by atoms with van der Waals surface area (Å²) in [5.41, 5.74) is 2.80. The SMILES string of the molecule is O=C(NN1C(=O)[C@@H]2[C@@H]3C=C[C@H]([C@@H]4C[C@H]34)[C@H]2C1=O)c1cccnc1. The molecule has 1 aliphatic heterocycles. The molecule has 2 heterocycles. The van der Waals surface area contributed by atoms with Crippen molar-refractivity contribution in [3.05, 3.63) is 42.2 Å². The van der Waals surface area contributed by atoms with Crippen LogP contribution >= 0.6 is 0 Å². The number of hydrogen-bond donors (Lipinski definition) is 1. The molecule has 6 rings (SSSR count). The van der Waals surface area contributed by atoms with Crippen LogP contribution in [0.4, 0.5) is 0 Å². The number of pyridine rings is 1. The van der Waals surface area contributed by atoms with Gasteiger partial charge in [-0.3, -0.25) is 24.8 Å². The number of aromatic nitrogens is 1. The Bertz CT molecular complexity index is 724. The van der Waals surface area contributed by atoms with E-state index in [1.807, 2.05) is 0 Å². The van der Waals surface area contributed by atoms with Crippen LogP contribution in [0.1, 0.15) is 16.8 Å². The number of hydrazine groups is 1. The van der Waals surface area contributed by atoms with Gasteiger partial charge in [-0.05, 0) is 42.2 Å². The van der Waals surface area contributed by atoms with E-state index in [9.17, 15) is 14.4 Å². The Morgan fingerprint density at radius 2 is 1.78 bits per heavy atom. The minimum absolute atomic E-state index is 0.159. The second kappa shape index (κ2) is 4.28. The maximum absolute atomic E-state index is 12.7. The summed E-state index contributed by atoms with van der Waals surface area (Å²) in [6, 6.07) is 3.24. The molecule has 3 amide bonds. The molecule has 116 valence electrons. The minimum Gasteiger partial charge on any atom is -0.272 e. The second-order valence-corrected chi connectivity index (χ2v) is 6.85. The van der Waals surface area contributed by atoms with Crippen molar-refractivity contribution in [2.45, 2.75) is 6.42 Å². The molecule has 1 N–H and O–H groups in total. The van der Waals surface area contributed by atoms with Crippen LogP contribution in [-0.2, 0) is 9.59 Å². The molecule has 6 atom stereocenters. The van der Waals surface area contributed by atoms with E-state index in [2.05, 4.69) is 22.6 Å². The summed E-state index contributed by atoms with van der Waals surface area (Å²) in [6.07, 6.45) is 8.31.